The molecule has 0 aliphatic heterocycles. The highest BCUT2D eigenvalue weighted by Gasteiger charge is 2.21. The Morgan fingerprint density at radius 2 is 1.90 bits per heavy atom. The lowest BCUT2D eigenvalue weighted by molar-refractivity contribution is -0.131. The summed E-state index contributed by atoms with van der Waals surface area (Å²) in [4.78, 5) is 16.5. The highest BCUT2D eigenvalue weighted by Crippen LogP contribution is 2.18. The lowest BCUT2D eigenvalue weighted by atomic mass is 10.2. The lowest BCUT2D eigenvalue weighted by Gasteiger charge is -2.25. The van der Waals surface area contributed by atoms with Crippen LogP contribution >= 0.6 is 0 Å². The number of benzene rings is 1. The molecule has 1 saturated carbocycles. The minimum Gasteiger partial charge on any atom is -0.337 e. The molecule has 0 radical (unpaired) electrons. The van der Waals surface area contributed by atoms with Crippen molar-refractivity contribution < 1.29 is 4.79 Å². The summed E-state index contributed by atoms with van der Waals surface area (Å²) in [5.41, 5.74) is 1.19. The van der Waals surface area contributed by atoms with Gasteiger partial charge in [0.25, 0.3) is 0 Å². The van der Waals surface area contributed by atoms with Crippen LogP contribution in [0.5, 0.6) is 0 Å². The molecule has 1 aromatic carbocycles. The Morgan fingerprint density at radius 1 is 1.19 bits per heavy atom. The van der Waals surface area contributed by atoms with Crippen LogP contribution in [0.4, 0.5) is 0 Å². The number of hydrogen-bond donors (Lipinski definition) is 1. The minimum absolute atomic E-state index is 0.244. The summed E-state index contributed by atoms with van der Waals surface area (Å²) in [6.45, 7) is 3.19. The van der Waals surface area contributed by atoms with Crippen molar-refractivity contribution in [1.29, 1.82) is 0 Å². The molecule has 1 fully saturated rings. The zero-order valence-corrected chi connectivity index (χ0v) is 13.2. The van der Waals surface area contributed by atoms with E-state index in [0.29, 0.717) is 19.0 Å². The molecule has 0 unspecified atom stereocenters. The van der Waals surface area contributed by atoms with Crippen LogP contribution < -0.4 is 5.32 Å². The van der Waals surface area contributed by atoms with Gasteiger partial charge in [0.15, 0.2) is 0 Å². The van der Waals surface area contributed by atoms with Crippen molar-refractivity contribution in [3.63, 3.8) is 0 Å². The van der Waals surface area contributed by atoms with Crippen molar-refractivity contribution in [3.05, 3.63) is 35.9 Å². The smallest absolute Gasteiger partial charge is 0.224 e. The SMILES string of the molecule is CN(C)CCN(Cc1ccccc1)C(=O)CCNC1CC1. The number of nitrogens with one attached hydrogen (secondary N) is 1. The number of amides is 1. The molecule has 1 aliphatic rings. The second-order valence-corrected chi connectivity index (χ2v) is 6.08. The summed E-state index contributed by atoms with van der Waals surface area (Å²) in [5.74, 6) is 0.244. The maximum Gasteiger partial charge on any atom is 0.224 e. The molecule has 21 heavy (non-hydrogen) atoms. The van der Waals surface area contributed by atoms with Crippen LogP contribution in [0.1, 0.15) is 24.8 Å². The Kier molecular flexibility index (Phi) is 6.21. The van der Waals surface area contributed by atoms with E-state index in [-0.39, 0.29) is 5.91 Å². The lowest BCUT2D eigenvalue weighted by Crippen LogP contribution is -2.37. The molecule has 116 valence electrons. The second kappa shape index (κ2) is 8.15. The molecule has 0 heterocycles. The first-order valence-electron chi connectivity index (χ1n) is 7.85. The van der Waals surface area contributed by atoms with E-state index in [0.717, 1.165) is 19.6 Å². The van der Waals surface area contributed by atoms with Gasteiger partial charge in [-0.1, -0.05) is 30.3 Å². The summed E-state index contributed by atoms with van der Waals surface area (Å²) < 4.78 is 0. The normalized spacial score (nSPS) is 14.4. The van der Waals surface area contributed by atoms with Crippen molar-refractivity contribution in [2.45, 2.75) is 31.8 Å². The molecule has 1 amide bonds. The third-order valence-corrected chi connectivity index (χ3v) is 3.74. The molecule has 0 aromatic heterocycles. The summed E-state index contributed by atoms with van der Waals surface area (Å²) in [5, 5.41) is 3.41. The largest absolute Gasteiger partial charge is 0.337 e. The summed E-state index contributed by atoms with van der Waals surface area (Å²) in [6, 6.07) is 10.9. The molecular weight excluding hydrogens is 262 g/mol. The zero-order chi connectivity index (χ0) is 15.1. The van der Waals surface area contributed by atoms with Gasteiger partial charge in [-0.2, -0.15) is 0 Å². The molecule has 2 rings (SSSR count). The van der Waals surface area contributed by atoms with Crippen LogP contribution in [0.15, 0.2) is 30.3 Å². The van der Waals surface area contributed by atoms with E-state index < -0.39 is 0 Å². The number of hydrogen-bond acceptors (Lipinski definition) is 3. The Labute approximate surface area is 128 Å². The number of nitrogens with zero attached hydrogens (tertiary/aromatic N) is 2. The fourth-order valence-corrected chi connectivity index (χ4v) is 2.25. The third kappa shape index (κ3) is 6.27. The average molecular weight is 289 g/mol. The minimum atomic E-state index is 0.244. The Hall–Kier alpha value is -1.39. The van der Waals surface area contributed by atoms with Crippen LogP contribution in [0.2, 0.25) is 0 Å². The van der Waals surface area contributed by atoms with Gasteiger partial charge >= 0.3 is 0 Å². The fraction of sp³-hybridized carbons (Fsp3) is 0.588. The van der Waals surface area contributed by atoms with Crippen molar-refractivity contribution >= 4 is 5.91 Å². The van der Waals surface area contributed by atoms with Crippen LogP contribution in [0.25, 0.3) is 0 Å². The van der Waals surface area contributed by atoms with Crippen molar-refractivity contribution in [2.75, 3.05) is 33.7 Å². The maximum atomic E-state index is 12.4. The van der Waals surface area contributed by atoms with Crippen LogP contribution in [0, 0.1) is 0 Å². The third-order valence-electron chi connectivity index (χ3n) is 3.74. The highest BCUT2D eigenvalue weighted by atomic mass is 16.2. The number of carbonyl (C=O) groups is 1. The summed E-state index contributed by atoms with van der Waals surface area (Å²) >= 11 is 0. The van der Waals surface area contributed by atoms with E-state index in [1.165, 1.54) is 18.4 Å². The van der Waals surface area contributed by atoms with E-state index in [1.54, 1.807) is 0 Å². The number of likely N-dealkylation sites (N-methyl/N-ethyl adjacent to an activating group) is 1. The van der Waals surface area contributed by atoms with Gasteiger partial charge in [-0.25, -0.2) is 0 Å². The van der Waals surface area contributed by atoms with Crippen molar-refractivity contribution in [3.8, 4) is 0 Å². The standard InChI is InChI=1S/C17H27N3O/c1-19(2)12-13-20(14-15-6-4-3-5-7-15)17(21)10-11-18-16-8-9-16/h3-7,16,18H,8-14H2,1-2H3. The Morgan fingerprint density at radius 3 is 2.52 bits per heavy atom. The van der Waals surface area contributed by atoms with E-state index in [1.807, 2.05) is 37.2 Å². The second-order valence-electron chi connectivity index (χ2n) is 6.08. The van der Waals surface area contributed by atoms with Gasteiger partial charge in [-0.15, -0.1) is 0 Å². The van der Waals surface area contributed by atoms with Gasteiger partial charge < -0.3 is 15.1 Å². The monoisotopic (exact) mass is 289 g/mol. The Bertz CT molecular complexity index is 429. The van der Waals surface area contributed by atoms with E-state index in [9.17, 15) is 4.79 Å². The molecule has 0 atom stereocenters. The molecule has 0 bridgehead atoms. The quantitative estimate of drug-likeness (QED) is 0.752. The molecule has 4 heteroatoms. The predicted molar refractivity (Wildman–Crippen MR) is 86.1 cm³/mol. The van der Waals surface area contributed by atoms with Crippen LogP contribution in [-0.2, 0) is 11.3 Å². The van der Waals surface area contributed by atoms with Crippen LogP contribution in [-0.4, -0.2) is 55.5 Å². The first kappa shape index (κ1) is 16.0. The van der Waals surface area contributed by atoms with E-state index in [4.69, 9.17) is 0 Å². The van der Waals surface area contributed by atoms with E-state index in [2.05, 4.69) is 22.3 Å². The van der Waals surface area contributed by atoms with Crippen LogP contribution in [0.3, 0.4) is 0 Å². The molecule has 1 aromatic rings. The van der Waals surface area contributed by atoms with Gasteiger partial charge in [-0.05, 0) is 32.5 Å². The topological polar surface area (TPSA) is 35.6 Å². The van der Waals surface area contributed by atoms with Gasteiger partial charge in [0, 0.05) is 38.6 Å². The first-order chi connectivity index (χ1) is 10.1. The zero-order valence-electron chi connectivity index (χ0n) is 13.2. The number of rotatable bonds is 9. The van der Waals surface area contributed by atoms with E-state index >= 15 is 0 Å². The first-order valence-corrected chi connectivity index (χ1v) is 7.85. The fourth-order valence-electron chi connectivity index (χ4n) is 2.25. The molecule has 0 spiro atoms. The molecule has 1 aliphatic carbocycles. The molecule has 0 saturated heterocycles. The molecule has 1 N–H and O–H groups in total. The molecule has 4 nitrogen and oxygen atoms in total. The predicted octanol–water partition coefficient (Wildman–Crippen LogP) is 1.72. The van der Waals surface area contributed by atoms with Crippen molar-refractivity contribution in [2.24, 2.45) is 0 Å². The maximum absolute atomic E-state index is 12.4. The van der Waals surface area contributed by atoms with Gasteiger partial charge in [-0.3, -0.25) is 4.79 Å². The van der Waals surface area contributed by atoms with Gasteiger partial charge in [0.1, 0.15) is 0 Å². The van der Waals surface area contributed by atoms with Gasteiger partial charge in [0.05, 0.1) is 0 Å². The highest BCUT2D eigenvalue weighted by molar-refractivity contribution is 5.76. The Balaban J connectivity index is 1.84. The number of carbonyl (C=O) groups excluding carboxylic acids is 1. The van der Waals surface area contributed by atoms with Gasteiger partial charge in [0.2, 0.25) is 5.91 Å². The average Bonchev–Trinajstić information content (AvgIpc) is 3.28. The van der Waals surface area contributed by atoms with Crippen molar-refractivity contribution in [1.82, 2.24) is 15.1 Å². The summed E-state index contributed by atoms with van der Waals surface area (Å²) in [6.07, 6.45) is 3.13. The summed E-state index contributed by atoms with van der Waals surface area (Å²) in [7, 11) is 4.08. The molecular formula is C17H27N3O.